The van der Waals surface area contributed by atoms with Crippen LogP contribution in [0, 0.1) is 0 Å². The summed E-state index contributed by atoms with van der Waals surface area (Å²) < 4.78 is 30.9. The fourth-order valence-corrected chi connectivity index (χ4v) is 2.97. The standard InChI is InChI=1S/C11H15Cl2NO3S/c1-17-11-5-4-9(8-10(11)13)14-18(15,16)7-3-2-6-12/h4-5,8,14H,2-3,6-7H2,1H3. The molecule has 1 rings (SSSR count). The molecule has 0 aliphatic heterocycles. The predicted molar refractivity (Wildman–Crippen MR) is 75.4 cm³/mol. The first-order valence-electron chi connectivity index (χ1n) is 5.38. The number of halogens is 2. The van der Waals surface area contributed by atoms with Crippen molar-refractivity contribution >= 4 is 38.9 Å². The molecule has 0 amide bonds. The molecule has 0 saturated carbocycles. The monoisotopic (exact) mass is 311 g/mol. The minimum atomic E-state index is -3.35. The quantitative estimate of drug-likeness (QED) is 0.622. The molecular formula is C11H15Cl2NO3S. The lowest BCUT2D eigenvalue weighted by molar-refractivity contribution is 0.415. The molecule has 1 aromatic carbocycles. The Labute approximate surface area is 117 Å². The van der Waals surface area contributed by atoms with Gasteiger partial charge in [-0.25, -0.2) is 8.42 Å². The third-order valence-corrected chi connectivity index (χ3v) is 4.16. The summed E-state index contributed by atoms with van der Waals surface area (Å²) in [6.07, 6.45) is 1.20. The second-order valence-corrected chi connectivity index (χ2v) is 6.29. The van der Waals surface area contributed by atoms with Crippen LogP contribution >= 0.6 is 23.2 Å². The summed E-state index contributed by atoms with van der Waals surface area (Å²) in [4.78, 5) is 0. The van der Waals surface area contributed by atoms with Crippen LogP contribution in [-0.4, -0.2) is 27.2 Å². The van der Waals surface area contributed by atoms with Crippen molar-refractivity contribution in [1.82, 2.24) is 0 Å². The van der Waals surface area contributed by atoms with E-state index in [1.807, 2.05) is 0 Å². The van der Waals surface area contributed by atoms with Gasteiger partial charge in [-0.05, 0) is 31.0 Å². The maximum Gasteiger partial charge on any atom is 0.232 e. The zero-order valence-electron chi connectivity index (χ0n) is 9.95. The SMILES string of the molecule is COc1ccc(NS(=O)(=O)CCCCCl)cc1Cl. The van der Waals surface area contributed by atoms with E-state index in [0.717, 1.165) is 0 Å². The van der Waals surface area contributed by atoms with Crippen molar-refractivity contribution < 1.29 is 13.2 Å². The van der Waals surface area contributed by atoms with Crippen molar-refractivity contribution in [2.75, 3.05) is 23.5 Å². The van der Waals surface area contributed by atoms with Gasteiger partial charge in [0.15, 0.2) is 0 Å². The Morgan fingerprint density at radius 1 is 1.33 bits per heavy atom. The molecule has 7 heteroatoms. The van der Waals surface area contributed by atoms with Crippen LogP contribution in [0.3, 0.4) is 0 Å². The minimum absolute atomic E-state index is 0.0450. The third-order valence-electron chi connectivity index (χ3n) is 2.22. The van der Waals surface area contributed by atoms with Crippen molar-refractivity contribution in [1.29, 1.82) is 0 Å². The van der Waals surface area contributed by atoms with Crippen molar-refractivity contribution in [3.05, 3.63) is 23.2 Å². The summed E-state index contributed by atoms with van der Waals surface area (Å²) in [6, 6.07) is 4.72. The molecule has 0 aromatic heterocycles. The molecule has 18 heavy (non-hydrogen) atoms. The lowest BCUT2D eigenvalue weighted by Crippen LogP contribution is -2.16. The van der Waals surface area contributed by atoms with Crippen LogP contribution in [0.15, 0.2) is 18.2 Å². The van der Waals surface area contributed by atoms with Crippen molar-refractivity contribution in [3.8, 4) is 5.75 Å². The van der Waals surface area contributed by atoms with Gasteiger partial charge in [-0.1, -0.05) is 11.6 Å². The maximum absolute atomic E-state index is 11.7. The molecule has 1 aromatic rings. The molecular weight excluding hydrogens is 297 g/mol. The highest BCUT2D eigenvalue weighted by Crippen LogP contribution is 2.27. The molecule has 0 radical (unpaired) electrons. The second kappa shape index (κ2) is 7.07. The van der Waals surface area contributed by atoms with Crippen LogP contribution in [0.5, 0.6) is 5.75 Å². The first kappa shape index (κ1) is 15.4. The van der Waals surface area contributed by atoms with Gasteiger partial charge in [0.1, 0.15) is 5.75 Å². The molecule has 0 spiro atoms. The van der Waals surface area contributed by atoms with E-state index in [4.69, 9.17) is 27.9 Å². The van der Waals surface area contributed by atoms with Gasteiger partial charge in [0, 0.05) is 5.88 Å². The van der Waals surface area contributed by atoms with Crippen LogP contribution in [-0.2, 0) is 10.0 Å². The number of sulfonamides is 1. The van der Waals surface area contributed by atoms with E-state index >= 15 is 0 Å². The van der Waals surface area contributed by atoms with E-state index in [2.05, 4.69) is 4.72 Å². The van der Waals surface area contributed by atoms with Crippen molar-refractivity contribution in [2.24, 2.45) is 0 Å². The maximum atomic E-state index is 11.7. The third kappa shape index (κ3) is 4.92. The van der Waals surface area contributed by atoms with Crippen molar-refractivity contribution in [2.45, 2.75) is 12.8 Å². The summed E-state index contributed by atoms with van der Waals surface area (Å²) in [6.45, 7) is 0. The number of anilines is 1. The summed E-state index contributed by atoms with van der Waals surface area (Å²) in [5, 5.41) is 0.360. The topological polar surface area (TPSA) is 55.4 Å². The summed E-state index contributed by atoms with van der Waals surface area (Å²) >= 11 is 11.4. The van der Waals surface area contributed by atoms with Gasteiger partial charge < -0.3 is 4.74 Å². The highest BCUT2D eigenvalue weighted by Gasteiger charge is 2.11. The minimum Gasteiger partial charge on any atom is -0.495 e. The van der Waals surface area contributed by atoms with Gasteiger partial charge in [0.2, 0.25) is 10.0 Å². The van der Waals surface area contributed by atoms with Gasteiger partial charge in [0.05, 0.1) is 23.6 Å². The summed E-state index contributed by atoms with van der Waals surface area (Å²) in [5.74, 6) is 1.01. The molecule has 0 atom stereocenters. The molecule has 4 nitrogen and oxygen atoms in total. The average Bonchev–Trinajstić information content (AvgIpc) is 2.29. The molecule has 0 aliphatic rings. The fraction of sp³-hybridized carbons (Fsp3) is 0.455. The number of benzene rings is 1. The normalized spacial score (nSPS) is 11.3. The Morgan fingerprint density at radius 2 is 2.06 bits per heavy atom. The molecule has 0 aliphatic carbocycles. The molecule has 0 heterocycles. The lowest BCUT2D eigenvalue weighted by atomic mass is 10.3. The van der Waals surface area contributed by atoms with Gasteiger partial charge in [-0.2, -0.15) is 0 Å². The fourth-order valence-electron chi connectivity index (χ4n) is 1.35. The highest BCUT2D eigenvalue weighted by atomic mass is 35.5. The van der Waals surface area contributed by atoms with E-state index in [9.17, 15) is 8.42 Å². The first-order chi connectivity index (χ1) is 8.48. The molecule has 0 unspecified atom stereocenters. The highest BCUT2D eigenvalue weighted by molar-refractivity contribution is 7.92. The van der Waals surface area contributed by atoms with Gasteiger partial charge in [0.25, 0.3) is 0 Å². The summed E-state index contributed by atoms with van der Waals surface area (Å²) in [7, 11) is -1.85. The number of ether oxygens (including phenoxy) is 1. The Balaban J connectivity index is 2.69. The number of hydrogen-bond donors (Lipinski definition) is 1. The number of hydrogen-bond acceptors (Lipinski definition) is 3. The zero-order chi connectivity index (χ0) is 13.6. The van der Waals surface area contributed by atoms with E-state index in [0.29, 0.717) is 35.2 Å². The molecule has 0 fully saturated rings. The molecule has 1 N–H and O–H groups in total. The van der Waals surface area contributed by atoms with E-state index in [-0.39, 0.29) is 5.75 Å². The average molecular weight is 312 g/mol. The summed E-state index contributed by atoms with van der Waals surface area (Å²) in [5.41, 5.74) is 0.423. The van der Waals surface area contributed by atoms with E-state index < -0.39 is 10.0 Å². The Bertz CT molecular complexity index is 491. The predicted octanol–water partition coefficient (Wildman–Crippen LogP) is 3.11. The van der Waals surface area contributed by atoms with Gasteiger partial charge >= 0.3 is 0 Å². The zero-order valence-corrected chi connectivity index (χ0v) is 12.3. The number of unbranched alkanes of at least 4 members (excludes halogenated alkanes) is 1. The van der Waals surface area contributed by atoms with Crippen LogP contribution < -0.4 is 9.46 Å². The largest absolute Gasteiger partial charge is 0.495 e. The van der Waals surface area contributed by atoms with Crippen LogP contribution in [0.4, 0.5) is 5.69 Å². The first-order valence-corrected chi connectivity index (χ1v) is 7.95. The molecule has 0 saturated heterocycles. The molecule has 102 valence electrons. The van der Waals surface area contributed by atoms with E-state index in [1.165, 1.54) is 13.2 Å². The number of nitrogens with one attached hydrogen (secondary N) is 1. The Kier molecular flexibility index (Phi) is 6.05. The van der Waals surface area contributed by atoms with Crippen LogP contribution in [0.1, 0.15) is 12.8 Å². The lowest BCUT2D eigenvalue weighted by Gasteiger charge is -2.09. The van der Waals surface area contributed by atoms with Crippen LogP contribution in [0.25, 0.3) is 0 Å². The van der Waals surface area contributed by atoms with Crippen molar-refractivity contribution in [3.63, 3.8) is 0 Å². The number of alkyl halides is 1. The van der Waals surface area contributed by atoms with Gasteiger partial charge in [-0.15, -0.1) is 11.6 Å². The number of rotatable bonds is 7. The molecule has 0 bridgehead atoms. The second-order valence-electron chi connectivity index (χ2n) is 3.67. The van der Waals surface area contributed by atoms with Gasteiger partial charge in [-0.3, -0.25) is 4.72 Å². The van der Waals surface area contributed by atoms with Crippen LogP contribution in [0.2, 0.25) is 5.02 Å². The Morgan fingerprint density at radius 3 is 2.61 bits per heavy atom. The smallest absolute Gasteiger partial charge is 0.232 e. The Hall–Kier alpha value is -0.650. The number of methoxy groups -OCH3 is 1. The van der Waals surface area contributed by atoms with E-state index in [1.54, 1.807) is 12.1 Å².